The molecule has 3 heterocycles. The number of aromatic hydroxyl groups is 3. The normalized spacial score (nSPS) is 35.9. The summed E-state index contributed by atoms with van der Waals surface area (Å²) in [5, 5.41) is 56.5. The van der Waals surface area contributed by atoms with Gasteiger partial charge in [-0.1, -0.05) is 6.92 Å². The Morgan fingerprint density at radius 1 is 0.864 bits per heavy atom. The summed E-state index contributed by atoms with van der Waals surface area (Å²) in [4.78, 5) is 55.1. The van der Waals surface area contributed by atoms with Crippen molar-refractivity contribution in [1.82, 2.24) is 4.90 Å². The Labute approximate surface area is 341 Å². The topological polar surface area (TPSA) is 237 Å². The average Bonchev–Trinajstić information content (AvgIpc) is 3.17. The maximum atomic E-state index is 14.0. The third-order valence-corrected chi connectivity index (χ3v) is 12.5. The Balaban J connectivity index is 1.14. The molecule has 322 valence electrons. The number of fused-ring (bicyclic) bond motifs is 3. The highest BCUT2D eigenvalue weighted by Gasteiger charge is 2.54. The van der Waals surface area contributed by atoms with Gasteiger partial charge in [-0.2, -0.15) is 0 Å². The molecular weight excluding hydrogens is 774 g/mol. The fourth-order valence-corrected chi connectivity index (χ4v) is 9.33. The summed E-state index contributed by atoms with van der Waals surface area (Å²) in [7, 11) is 4.85. The van der Waals surface area contributed by atoms with E-state index in [1.165, 1.54) is 6.07 Å². The van der Waals surface area contributed by atoms with Gasteiger partial charge in [0.2, 0.25) is 5.78 Å². The number of esters is 1. The van der Waals surface area contributed by atoms with E-state index in [9.17, 15) is 44.7 Å². The number of Topliss-reactive ketones (excluding diaryl/α,β-unsaturated/α-hetero) is 1. The van der Waals surface area contributed by atoms with Crippen LogP contribution < -0.4 is 0 Å². The summed E-state index contributed by atoms with van der Waals surface area (Å²) in [5.74, 6) is -5.90. The predicted octanol–water partition coefficient (Wildman–Crippen LogP) is 2.86. The summed E-state index contributed by atoms with van der Waals surface area (Å²) >= 11 is 0. The molecule has 0 saturated carbocycles. The first-order chi connectivity index (χ1) is 27.9. The fourth-order valence-electron chi connectivity index (χ4n) is 9.33. The van der Waals surface area contributed by atoms with Crippen LogP contribution in [0.1, 0.15) is 121 Å². The van der Waals surface area contributed by atoms with Crippen LogP contribution in [-0.4, -0.2) is 142 Å². The largest absolute Gasteiger partial charge is 0.507 e. The van der Waals surface area contributed by atoms with Crippen molar-refractivity contribution in [3.05, 3.63) is 51.6 Å². The minimum Gasteiger partial charge on any atom is -0.507 e. The molecule has 2 aromatic rings. The van der Waals surface area contributed by atoms with Gasteiger partial charge in [0.05, 0.1) is 53.8 Å². The van der Waals surface area contributed by atoms with Crippen molar-refractivity contribution >= 4 is 23.3 Å². The number of ether oxygens (including phenoxy) is 7. The Hall–Kier alpha value is -4.04. The van der Waals surface area contributed by atoms with E-state index in [2.05, 4.69) is 0 Å². The molecule has 0 radical (unpaired) electrons. The third kappa shape index (κ3) is 7.65. The summed E-state index contributed by atoms with van der Waals surface area (Å²) < 4.78 is 42.6. The van der Waals surface area contributed by atoms with Gasteiger partial charge < -0.3 is 63.6 Å². The van der Waals surface area contributed by atoms with Gasteiger partial charge in [-0.25, -0.2) is 0 Å². The van der Waals surface area contributed by atoms with Gasteiger partial charge in [0.15, 0.2) is 30.4 Å². The SMILES string of the molecule is CC[C@@]1(O)C[C@H](O[C@@H]2CC(N(C)C)[C@@H](O[C@@H]3C[C@@H](O)[C@@H](O[C@@H]4CCC(=O)[C@@H](C)O4)C(C)O3)[C@@H](C)O2)c2c(cc3c(c2O)C(=O)c2c(O)ccc(O)c2C3=O)[C@H]1C(=O)OC. The zero-order chi connectivity index (χ0) is 42.8. The number of hydrogen-bond acceptors (Lipinski definition) is 17. The zero-order valence-electron chi connectivity index (χ0n) is 34.1. The smallest absolute Gasteiger partial charge is 0.316 e. The van der Waals surface area contributed by atoms with Gasteiger partial charge >= 0.3 is 5.97 Å². The second-order valence-corrected chi connectivity index (χ2v) is 16.4. The highest BCUT2D eigenvalue weighted by molar-refractivity contribution is 6.31. The molecule has 2 aliphatic carbocycles. The van der Waals surface area contributed by atoms with Crippen LogP contribution in [0, 0.1) is 0 Å². The molecule has 0 bridgehead atoms. The molecule has 5 N–H and O–H groups in total. The number of likely N-dealkylation sites (N-methyl/N-ethyl adjacent to an activating group) is 1. The molecular formula is C42H53NO16. The number of ketones is 3. The number of carbonyl (C=O) groups excluding carboxylic acids is 4. The number of hydrogen-bond donors (Lipinski definition) is 5. The lowest BCUT2D eigenvalue weighted by Gasteiger charge is -2.48. The molecule has 59 heavy (non-hydrogen) atoms. The van der Waals surface area contributed by atoms with Crippen molar-refractivity contribution in [2.45, 2.75) is 145 Å². The van der Waals surface area contributed by atoms with Crippen LogP contribution in [0.25, 0.3) is 0 Å². The highest BCUT2D eigenvalue weighted by Crippen LogP contribution is 2.54. The number of benzene rings is 2. The second-order valence-electron chi connectivity index (χ2n) is 16.4. The highest BCUT2D eigenvalue weighted by atomic mass is 16.7. The number of methoxy groups -OCH3 is 1. The Morgan fingerprint density at radius 3 is 2.07 bits per heavy atom. The van der Waals surface area contributed by atoms with E-state index in [-0.39, 0.29) is 54.2 Å². The van der Waals surface area contributed by atoms with Crippen LogP contribution in [0.4, 0.5) is 0 Å². The van der Waals surface area contributed by atoms with E-state index < -0.39 is 125 Å². The number of aliphatic hydroxyl groups is 2. The maximum absolute atomic E-state index is 14.0. The van der Waals surface area contributed by atoms with E-state index >= 15 is 0 Å². The Kier molecular flexibility index (Phi) is 12.0. The number of rotatable bonds is 9. The Bertz CT molecular complexity index is 1990. The lowest BCUT2D eigenvalue weighted by atomic mass is 9.67. The van der Waals surface area contributed by atoms with E-state index in [1.807, 2.05) is 19.0 Å². The summed E-state index contributed by atoms with van der Waals surface area (Å²) in [6.45, 7) is 6.89. The molecule has 17 nitrogen and oxygen atoms in total. The Morgan fingerprint density at radius 2 is 1.47 bits per heavy atom. The van der Waals surface area contributed by atoms with Crippen molar-refractivity contribution in [2.75, 3.05) is 21.2 Å². The number of phenols is 3. The zero-order valence-corrected chi connectivity index (χ0v) is 34.1. The first-order valence-electron chi connectivity index (χ1n) is 20.0. The van der Waals surface area contributed by atoms with Crippen LogP contribution in [0.2, 0.25) is 0 Å². The first kappa shape index (κ1) is 43.1. The average molecular weight is 828 g/mol. The van der Waals surface area contributed by atoms with E-state index in [0.29, 0.717) is 12.8 Å². The van der Waals surface area contributed by atoms with E-state index in [4.69, 9.17) is 33.2 Å². The van der Waals surface area contributed by atoms with Crippen LogP contribution in [0.15, 0.2) is 18.2 Å². The van der Waals surface area contributed by atoms with Gasteiger partial charge in [0.1, 0.15) is 41.5 Å². The van der Waals surface area contributed by atoms with Gasteiger partial charge in [-0.05, 0) is 65.0 Å². The molecule has 0 spiro atoms. The van der Waals surface area contributed by atoms with Crippen LogP contribution >= 0.6 is 0 Å². The summed E-state index contributed by atoms with van der Waals surface area (Å²) in [5.41, 5.74) is -3.58. The van der Waals surface area contributed by atoms with Crippen molar-refractivity contribution in [1.29, 1.82) is 0 Å². The number of carbonyl (C=O) groups is 4. The quantitative estimate of drug-likeness (QED) is 0.154. The maximum Gasteiger partial charge on any atom is 0.316 e. The summed E-state index contributed by atoms with van der Waals surface area (Å²) in [6.07, 6.45) is -6.99. The minimum absolute atomic E-state index is 0.00116. The van der Waals surface area contributed by atoms with Gasteiger partial charge in [0, 0.05) is 49.3 Å². The lowest BCUT2D eigenvalue weighted by Crippen LogP contribution is -2.58. The van der Waals surface area contributed by atoms with Gasteiger partial charge in [-0.15, -0.1) is 0 Å². The van der Waals surface area contributed by atoms with Crippen molar-refractivity contribution in [3.63, 3.8) is 0 Å². The molecule has 2 unspecified atom stereocenters. The van der Waals surface area contributed by atoms with Crippen LogP contribution in [-0.2, 0) is 42.7 Å². The lowest BCUT2D eigenvalue weighted by molar-refractivity contribution is -0.324. The van der Waals surface area contributed by atoms with Crippen molar-refractivity contribution in [3.8, 4) is 17.2 Å². The first-order valence-corrected chi connectivity index (χ1v) is 20.0. The number of nitrogens with zero attached hydrogens (tertiary/aromatic N) is 1. The molecule has 17 heteroatoms. The number of aliphatic hydroxyl groups excluding tert-OH is 1. The standard InChI is InChI=1S/C42H53NO16/c1-8-42(52)16-27(31-20(35(42)41(51)53-7)13-21-32(37(31)49)38(50)34-25(46)10-9-24(45)33(34)36(21)48)57-29-14-22(43(5)6)39(18(3)55-29)59-30-15-26(47)40(19(4)56-30)58-28-12-11-23(44)17(2)54-28/h9-10,13,17-19,22,26-30,35,39-40,45-47,49,52H,8,11-12,14-16H2,1-7H3/t17-,18-,19?,22?,26-,27+,28-,29-,30-,35+,39+,40+,42-/m1/s1. The molecule has 2 aromatic carbocycles. The second kappa shape index (κ2) is 16.4. The van der Waals surface area contributed by atoms with Crippen molar-refractivity contribution < 1.29 is 77.9 Å². The minimum atomic E-state index is -1.81. The predicted molar refractivity (Wildman–Crippen MR) is 203 cm³/mol. The number of phenolic OH excluding ortho intramolecular Hbond substituents is 3. The van der Waals surface area contributed by atoms with E-state index in [1.54, 1.807) is 27.7 Å². The third-order valence-electron chi connectivity index (χ3n) is 12.5. The molecule has 3 fully saturated rings. The van der Waals surface area contributed by atoms with Gasteiger partial charge in [0.25, 0.3) is 0 Å². The van der Waals surface area contributed by atoms with Gasteiger partial charge in [-0.3, -0.25) is 19.2 Å². The van der Waals surface area contributed by atoms with Crippen LogP contribution in [0.5, 0.6) is 17.2 Å². The van der Waals surface area contributed by atoms with E-state index in [0.717, 1.165) is 19.2 Å². The molecule has 5 aliphatic rings. The molecule has 3 saturated heterocycles. The molecule has 3 aliphatic heterocycles. The van der Waals surface area contributed by atoms with Crippen LogP contribution in [0.3, 0.4) is 0 Å². The summed E-state index contributed by atoms with van der Waals surface area (Å²) in [6, 6.07) is 3.01. The monoisotopic (exact) mass is 827 g/mol. The van der Waals surface area contributed by atoms with Crippen molar-refractivity contribution in [2.24, 2.45) is 0 Å². The fraction of sp³-hybridized carbons (Fsp3) is 0.619. The molecule has 0 amide bonds. The molecule has 7 rings (SSSR count). The molecule has 13 atom stereocenters. The molecule has 0 aromatic heterocycles.